The number of nitrogens with two attached hydrogens (primary N) is 1. The van der Waals surface area contributed by atoms with Gasteiger partial charge in [0.25, 0.3) is 0 Å². The van der Waals surface area contributed by atoms with Crippen molar-refractivity contribution < 1.29 is 4.42 Å². The first kappa shape index (κ1) is 7.92. The number of anilines is 1. The molecule has 3 rings (SSSR count). The molecular formula is C8H5N6O. The summed E-state index contributed by atoms with van der Waals surface area (Å²) in [5.41, 5.74) is 6.52. The number of oxazole rings is 1. The standard InChI is InChI=1S/C8H5N6O/c9-8-13-5(7-10-1-2-15-7)4-6(14-8)12-3-11-4/h1-3H,(H2,9,13,14). The van der Waals surface area contributed by atoms with E-state index in [1.165, 1.54) is 18.8 Å². The van der Waals surface area contributed by atoms with E-state index >= 15 is 0 Å². The molecule has 2 N–H and O–H groups in total. The van der Waals surface area contributed by atoms with Crippen LogP contribution in [0.4, 0.5) is 17.5 Å². The van der Waals surface area contributed by atoms with Crippen LogP contribution in [0, 0.1) is 0 Å². The molecule has 3 heterocycles. The minimum atomic E-state index is 0.121. The molecule has 1 radical (unpaired) electrons. The van der Waals surface area contributed by atoms with Gasteiger partial charge in [0.1, 0.15) is 18.3 Å². The lowest BCUT2D eigenvalue weighted by molar-refractivity contribution is 0.572. The van der Waals surface area contributed by atoms with Gasteiger partial charge in [-0.1, -0.05) is 0 Å². The van der Waals surface area contributed by atoms with E-state index in [0.717, 1.165) is 0 Å². The Labute approximate surface area is 84.1 Å². The Morgan fingerprint density at radius 1 is 1.27 bits per heavy atom. The lowest BCUT2D eigenvalue weighted by Crippen LogP contribution is -1.99. The van der Waals surface area contributed by atoms with Crippen LogP contribution in [0.1, 0.15) is 0 Å². The highest BCUT2D eigenvalue weighted by Crippen LogP contribution is 2.35. The molecule has 0 spiro atoms. The van der Waals surface area contributed by atoms with E-state index in [2.05, 4.69) is 25.3 Å². The number of nitrogens with zero attached hydrogens (tertiary/aromatic N) is 5. The summed E-state index contributed by atoms with van der Waals surface area (Å²) in [5, 5.41) is 3.94. The fraction of sp³-hybridized carbons (Fsp3) is 0. The van der Waals surface area contributed by atoms with Gasteiger partial charge in [-0.25, -0.2) is 20.3 Å². The monoisotopic (exact) mass is 201 g/mol. The first-order valence-corrected chi connectivity index (χ1v) is 4.15. The Kier molecular flexibility index (Phi) is 1.46. The summed E-state index contributed by atoms with van der Waals surface area (Å²) >= 11 is 0. The first-order chi connectivity index (χ1) is 7.34. The van der Waals surface area contributed by atoms with Gasteiger partial charge in [-0.05, 0) is 0 Å². The smallest absolute Gasteiger partial charge is 0.247 e. The SMILES string of the molecule is Nc1nc2c(c(-c3ncco3)n1)N=C[N]2. The van der Waals surface area contributed by atoms with E-state index in [9.17, 15) is 0 Å². The molecule has 7 nitrogen and oxygen atoms in total. The molecule has 2 aromatic rings. The number of fused-ring (bicyclic) bond motifs is 1. The van der Waals surface area contributed by atoms with Crippen LogP contribution in [0.3, 0.4) is 0 Å². The Balaban J connectivity index is 2.27. The van der Waals surface area contributed by atoms with Crippen molar-refractivity contribution in [3.8, 4) is 11.6 Å². The van der Waals surface area contributed by atoms with Crippen molar-refractivity contribution >= 4 is 23.8 Å². The van der Waals surface area contributed by atoms with Crippen LogP contribution in [0.15, 0.2) is 21.9 Å². The van der Waals surface area contributed by atoms with Gasteiger partial charge < -0.3 is 10.2 Å². The molecule has 15 heavy (non-hydrogen) atoms. The number of hydrogen-bond acceptors (Lipinski definition) is 6. The van der Waals surface area contributed by atoms with Gasteiger partial charge in [-0.2, -0.15) is 4.98 Å². The van der Waals surface area contributed by atoms with Crippen LogP contribution in [0.2, 0.25) is 0 Å². The van der Waals surface area contributed by atoms with Crippen molar-refractivity contribution in [2.45, 2.75) is 0 Å². The van der Waals surface area contributed by atoms with Crippen LogP contribution >= 0.6 is 0 Å². The van der Waals surface area contributed by atoms with E-state index in [0.29, 0.717) is 23.1 Å². The van der Waals surface area contributed by atoms with Gasteiger partial charge in [0, 0.05) is 0 Å². The number of aliphatic imine (C=N–C) groups is 1. The number of aromatic nitrogens is 3. The van der Waals surface area contributed by atoms with Gasteiger partial charge in [0.05, 0.1) is 6.20 Å². The van der Waals surface area contributed by atoms with Crippen LogP contribution < -0.4 is 11.1 Å². The van der Waals surface area contributed by atoms with Gasteiger partial charge in [0.2, 0.25) is 11.8 Å². The molecule has 2 aromatic heterocycles. The lowest BCUT2D eigenvalue weighted by atomic mass is 10.3. The van der Waals surface area contributed by atoms with E-state index in [-0.39, 0.29) is 5.95 Å². The quantitative estimate of drug-likeness (QED) is 0.728. The fourth-order valence-corrected chi connectivity index (χ4v) is 1.30. The molecule has 0 fully saturated rings. The van der Waals surface area contributed by atoms with Crippen molar-refractivity contribution in [1.29, 1.82) is 0 Å². The van der Waals surface area contributed by atoms with Gasteiger partial charge in [-0.3, -0.25) is 0 Å². The highest BCUT2D eigenvalue weighted by Gasteiger charge is 2.20. The molecule has 1 aliphatic rings. The molecule has 73 valence electrons. The molecule has 0 aliphatic carbocycles. The van der Waals surface area contributed by atoms with E-state index in [4.69, 9.17) is 10.2 Å². The summed E-state index contributed by atoms with van der Waals surface area (Å²) in [6.45, 7) is 0. The van der Waals surface area contributed by atoms with Gasteiger partial charge in [0.15, 0.2) is 11.5 Å². The summed E-state index contributed by atoms with van der Waals surface area (Å²) < 4.78 is 5.13. The summed E-state index contributed by atoms with van der Waals surface area (Å²) in [6, 6.07) is 0. The molecule has 0 aromatic carbocycles. The van der Waals surface area contributed by atoms with E-state index < -0.39 is 0 Å². The second kappa shape index (κ2) is 2.77. The van der Waals surface area contributed by atoms with Crippen LogP contribution in [-0.2, 0) is 0 Å². The zero-order valence-corrected chi connectivity index (χ0v) is 7.45. The second-order valence-corrected chi connectivity index (χ2v) is 2.81. The largest absolute Gasteiger partial charge is 0.443 e. The van der Waals surface area contributed by atoms with Gasteiger partial charge >= 0.3 is 0 Å². The minimum Gasteiger partial charge on any atom is -0.443 e. The van der Waals surface area contributed by atoms with Crippen molar-refractivity contribution in [2.75, 3.05) is 5.73 Å². The molecule has 0 unspecified atom stereocenters. The maximum absolute atomic E-state index is 5.53. The summed E-state index contributed by atoms with van der Waals surface area (Å²) in [6.07, 6.45) is 4.37. The number of hydrogen-bond donors (Lipinski definition) is 1. The molecule has 0 amide bonds. The summed E-state index contributed by atoms with van der Waals surface area (Å²) in [7, 11) is 0. The maximum Gasteiger partial charge on any atom is 0.247 e. The normalized spacial score (nSPS) is 12.5. The van der Waals surface area contributed by atoms with Crippen LogP contribution in [0.5, 0.6) is 0 Å². The first-order valence-electron chi connectivity index (χ1n) is 4.15. The molecular weight excluding hydrogens is 196 g/mol. The molecule has 0 saturated heterocycles. The van der Waals surface area contributed by atoms with Gasteiger partial charge in [-0.15, -0.1) is 0 Å². The van der Waals surface area contributed by atoms with Crippen molar-refractivity contribution in [3.63, 3.8) is 0 Å². The van der Waals surface area contributed by atoms with E-state index in [1.807, 2.05) is 0 Å². The summed E-state index contributed by atoms with van der Waals surface area (Å²) in [4.78, 5) is 16.0. The molecule has 0 bridgehead atoms. The van der Waals surface area contributed by atoms with Crippen molar-refractivity contribution in [3.05, 3.63) is 12.5 Å². The highest BCUT2D eigenvalue weighted by molar-refractivity contribution is 5.87. The topological polar surface area (TPSA) is 104 Å². The molecule has 0 atom stereocenters. The Hall–Kier alpha value is -2.44. The highest BCUT2D eigenvalue weighted by atomic mass is 16.3. The third-order valence-corrected chi connectivity index (χ3v) is 1.88. The Morgan fingerprint density at radius 2 is 2.20 bits per heavy atom. The maximum atomic E-state index is 5.53. The fourth-order valence-electron chi connectivity index (χ4n) is 1.30. The zero-order chi connectivity index (χ0) is 10.3. The Morgan fingerprint density at radius 3 is 3.00 bits per heavy atom. The number of rotatable bonds is 1. The zero-order valence-electron chi connectivity index (χ0n) is 7.45. The lowest BCUT2D eigenvalue weighted by Gasteiger charge is -2.01. The van der Waals surface area contributed by atoms with Crippen molar-refractivity contribution in [1.82, 2.24) is 20.3 Å². The van der Waals surface area contributed by atoms with Crippen molar-refractivity contribution in [2.24, 2.45) is 4.99 Å². The third kappa shape index (κ3) is 1.13. The second-order valence-electron chi connectivity index (χ2n) is 2.81. The minimum absolute atomic E-state index is 0.121. The molecule has 1 aliphatic heterocycles. The van der Waals surface area contributed by atoms with Crippen LogP contribution in [0.25, 0.3) is 11.6 Å². The third-order valence-electron chi connectivity index (χ3n) is 1.88. The number of nitrogen functional groups attached to an aromatic ring is 1. The molecule has 7 heteroatoms. The predicted molar refractivity (Wildman–Crippen MR) is 51.9 cm³/mol. The predicted octanol–water partition coefficient (Wildman–Crippen LogP) is 0.623. The summed E-state index contributed by atoms with van der Waals surface area (Å²) in [5.74, 6) is 0.918. The molecule has 0 saturated carbocycles. The Bertz CT molecular complexity index is 532. The average molecular weight is 201 g/mol. The average Bonchev–Trinajstić information content (AvgIpc) is 2.86. The van der Waals surface area contributed by atoms with Crippen LogP contribution in [-0.4, -0.2) is 21.3 Å². The van der Waals surface area contributed by atoms with E-state index in [1.54, 1.807) is 0 Å².